The lowest BCUT2D eigenvalue weighted by Crippen LogP contribution is -2.48. The zero-order valence-corrected chi connectivity index (χ0v) is 7.78. The number of aryl methyl sites for hydroxylation is 1. The van der Waals surface area contributed by atoms with E-state index in [1.165, 1.54) is 6.39 Å². The summed E-state index contributed by atoms with van der Waals surface area (Å²) in [7, 11) is 0. The Hall–Kier alpha value is -1.32. The third-order valence-electron chi connectivity index (χ3n) is 2.30. The minimum Gasteiger partial charge on any atom is -0.448 e. The first kappa shape index (κ1) is 8.29. The van der Waals surface area contributed by atoms with Crippen LogP contribution in [0.1, 0.15) is 23.2 Å². The van der Waals surface area contributed by atoms with Crippen molar-refractivity contribution in [3.8, 4) is 0 Å². The third-order valence-corrected chi connectivity index (χ3v) is 2.30. The highest BCUT2D eigenvalue weighted by Gasteiger charge is 2.30. The second-order valence-electron chi connectivity index (χ2n) is 3.57. The van der Waals surface area contributed by atoms with E-state index in [1.807, 2.05) is 0 Å². The van der Waals surface area contributed by atoms with Crippen molar-refractivity contribution in [2.24, 2.45) is 5.92 Å². The molecule has 1 aliphatic heterocycles. The number of likely N-dealkylation sites (tertiary alicyclic amines) is 1. The summed E-state index contributed by atoms with van der Waals surface area (Å²) in [4.78, 5) is 17.3. The van der Waals surface area contributed by atoms with Crippen LogP contribution in [0.4, 0.5) is 0 Å². The van der Waals surface area contributed by atoms with Crippen LogP contribution in [-0.2, 0) is 0 Å². The minimum absolute atomic E-state index is 0.00986. The molecule has 70 valence electrons. The van der Waals surface area contributed by atoms with E-state index >= 15 is 0 Å². The van der Waals surface area contributed by atoms with Crippen molar-refractivity contribution < 1.29 is 9.21 Å². The zero-order chi connectivity index (χ0) is 9.42. The molecule has 1 amide bonds. The second-order valence-corrected chi connectivity index (χ2v) is 3.57. The lowest BCUT2D eigenvalue weighted by atomic mass is 10.0. The fourth-order valence-electron chi connectivity index (χ4n) is 1.53. The molecule has 1 fully saturated rings. The monoisotopic (exact) mass is 180 g/mol. The van der Waals surface area contributed by atoms with Crippen molar-refractivity contribution in [1.82, 2.24) is 9.88 Å². The molecule has 2 heterocycles. The molecule has 1 aromatic rings. The van der Waals surface area contributed by atoms with Gasteiger partial charge in [-0.1, -0.05) is 6.92 Å². The second kappa shape index (κ2) is 2.87. The number of oxazole rings is 1. The molecule has 0 N–H and O–H groups in total. The average Bonchev–Trinajstić information content (AvgIpc) is 2.44. The van der Waals surface area contributed by atoms with E-state index in [4.69, 9.17) is 4.42 Å². The molecule has 0 atom stereocenters. The number of carbonyl (C=O) groups is 1. The van der Waals surface area contributed by atoms with E-state index in [0.29, 0.717) is 17.4 Å². The Kier molecular flexibility index (Phi) is 1.83. The highest BCUT2D eigenvalue weighted by atomic mass is 16.3. The minimum atomic E-state index is -0.00986. The molecule has 1 saturated heterocycles. The van der Waals surface area contributed by atoms with Crippen molar-refractivity contribution in [1.29, 1.82) is 0 Å². The number of carbonyl (C=O) groups excluding carboxylic acids is 1. The molecular formula is C9H12N2O2. The summed E-state index contributed by atoms with van der Waals surface area (Å²) in [6.07, 6.45) is 1.31. The van der Waals surface area contributed by atoms with Gasteiger partial charge in [-0.15, -0.1) is 0 Å². The SMILES string of the molecule is Cc1ocnc1C(=O)N1CC(C)C1. The van der Waals surface area contributed by atoms with Crippen LogP contribution in [0.3, 0.4) is 0 Å². The quantitative estimate of drug-likeness (QED) is 0.649. The summed E-state index contributed by atoms with van der Waals surface area (Å²) in [5, 5.41) is 0. The fourth-order valence-corrected chi connectivity index (χ4v) is 1.53. The van der Waals surface area contributed by atoms with Gasteiger partial charge in [0, 0.05) is 13.1 Å². The van der Waals surface area contributed by atoms with Gasteiger partial charge >= 0.3 is 0 Å². The van der Waals surface area contributed by atoms with E-state index in [2.05, 4.69) is 11.9 Å². The largest absolute Gasteiger partial charge is 0.448 e. The maximum atomic E-state index is 11.7. The number of hydrogen-bond donors (Lipinski definition) is 0. The Balaban J connectivity index is 2.10. The number of hydrogen-bond acceptors (Lipinski definition) is 3. The molecule has 0 aliphatic carbocycles. The van der Waals surface area contributed by atoms with Crippen molar-refractivity contribution in [2.45, 2.75) is 13.8 Å². The van der Waals surface area contributed by atoms with Crippen molar-refractivity contribution >= 4 is 5.91 Å². The van der Waals surface area contributed by atoms with Gasteiger partial charge in [0.15, 0.2) is 12.1 Å². The Morgan fingerprint density at radius 1 is 1.69 bits per heavy atom. The van der Waals surface area contributed by atoms with Gasteiger partial charge in [0.2, 0.25) is 0 Å². The number of amides is 1. The Bertz CT molecular complexity index is 326. The molecular weight excluding hydrogens is 168 g/mol. The summed E-state index contributed by atoms with van der Waals surface area (Å²) in [5.41, 5.74) is 0.451. The van der Waals surface area contributed by atoms with Gasteiger partial charge in [-0.25, -0.2) is 4.98 Å². The van der Waals surface area contributed by atoms with E-state index < -0.39 is 0 Å². The molecule has 2 rings (SSSR count). The number of aromatic nitrogens is 1. The van der Waals surface area contributed by atoms with Gasteiger partial charge in [-0.05, 0) is 12.8 Å². The summed E-state index contributed by atoms with van der Waals surface area (Å²) in [6, 6.07) is 0. The van der Waals surface area contributed by atoms with Crippen molar-refractivity contribution in [3.63, 3.8) is 0 Å². The van der Waals surface area contributed by atoms with Crippen molar-refractivity contribution in [3.05, 3.63) is 17.8 Å². The van der Waals surface area contributed by atoms with E-state index in [9.17, 15) is 4.79 Å². The van der Waals surface area contributed by atoms with Gasteiger partial charge in [-0.3, -0.25) is 4.79 Å². The van der Waals surface area contributed by atoms with Crippen LogP contribution in [0.25, 0.3) is 0 Å². The van der Waals surface area contributed by atoms with E-state index in [0.717, 1.165) is 13.1 Å². The number of rotatable bonds is 1. The van der Waals surface area contributed by atoms with Crippen LogP contribution >= 0.6 is 0 Å². The van der Waals surface area contributed by atoms with Gasteiger partial charge in [0.25, 0.3) is 5.91 Å². The van der Waals surface area contributed by atoms with Crippen LogP contribution in [0.5, 0.6) is 0 Å². The first-order chi connectivity index (χ1) is 6.18. The fraction of sp³-hybridized carbons (Fsp3) is 0.556. The molecule has 0 spiro atoms. The molecule has 4 nitrogen and oxygen atoms in total. The summed E-state index contributed by atoms with van der Waals surface area (Å²) in [5.74, 6) is 1.21. The summed E-state index contributed by atoms with van der Waals surface area (Å²) >= 11 is 0. The molecule has 0 radical (unpaired) electrons. The maximum Gasteiger partial charge on any atom is 0.276 e. The van der Waals surface area contributed by atoms with Crippen LogP contribution in [0.15, 0.2) is 10.8 Å². The predicted octanol–water partition coefficient (Wildman–Crippen LogP) is 1.07. The Morgan fingerprint density at radius 2 is 2.38 bits per heavy atom. The van der Waals surface area contributed by atoms with Gasteiger partial charge in [0.05, 0.1) is 0 Å². The van der Waals surface area contributed by atoms with E-state index in [-0.39, 0.29) is 5.91 Å². The van der Waals surface area contributed by atoms with Crippen LogP contribution in [-0.4, -0.2) is 28.9 Å². The van der Waals surface area contributed by atoms with Gasteiger partial charge in [-0.2, -0.15) is 0 Å². The lowest BCUT2D eigenvalue weighted by Gasteiger charge is -2.36. The first-order valence-electron chi connectivity index (χ1n) is 4.38. The smallest absolute Gasteiger partial charge is 0.276 e. The standard InChI is InChI=1S/C9H12N2O2/c1-6-3-11(4-6)9(12)8-7(2)13-5-10-8/h5-6H,3-4H2,1-2H3. The predicted molar refractivity (Wildman–Crippen MR) is 46.3 cm³/mol. The van der Waals surface area contributed by atoms with Crippen LogP contribution in [0.2, 0.25) is 0 Å². The molecule has 1 aromatic heterocycles. The third kappa shape index (κ3) is 1.32. The average molecular weight is 180 g/mol. The Morgan fingerprint density at radius 3 is 2.85 bits per heavy atom. The maximum absolute atomic E-state index is 11.7. The highest BCUT2D eigenvalue weighted by molar-refractivity contribution is 5.93. The molecule has 0 saturated carbocycles. The molecule has 0 bridgehead atoms. The van der Waals surface area contributed by atoms with Gasteiger partial charge in [0.1, 0.15) is 5.76 Å². The zero-order valence-electron chi connectivity index (χ0n) is 7.78. The normalized spacial score (nSPS) is 17.2. The molecule has 0 unspecified atom stereocenters. The summed E-state index contributed by atoms with van der Waals surface area (Å²) in [6.45, 7) is 5.55. The van der Waals surface area contributed by atoms with Crippen molar-refractivity contribution in [2.75, 3.05) is 13.1 Å². The highest BCUT2D eigenvalue weighted by Crippen LogP contribution is 2.18. The first-order valence-corrected chi connectivity index (χ1v) is 4.38. The lowest BCUT2D eigenvalue weighted by molar-refractivity contribution is 0.0523. The van der Waals surface area contributed by atoms with Crippen LogP contribution < -0.4 is 0 Å². The van der Waals surface area contributed by atoms with E-state index in [1.54, 1.807) is 11.8 Å². The Labute approximate surface area is 76.6 Å². The molecule has 13 heavy (non-hydrogen) atoms. The summed E-state index contributed by atoms with van der Waals surface area (Å²) < 4.78 is 4.97. The molecule has 0 aromatic carbocycles. The number of nitrogens with zero attached hydrogens (tertiary/aromatic N) is 2. The molecule has 1 aliphatic rings. The van der Waals surface area contributed by atoms with Crippen LogP contribution in [0, 0.1) is 12.8 Å². The van der Waals surface area contributed by atoms with Gasteiger partial charge < -0.3 is 9.32 Å². The topological polar surface area (TPSA) is 46.3 Å². The molecule has 4 heteroatoms.